The van der Waals surface area contributed by atoms with Crippen LogP contribution in [0.4, 0.5) is 5.69 Å². The zero-order chi connectivity index (χ0) is 17.4. The van der Waals surface area contributed by atoms with Crippen LogP contribution in [0.3, 0.4) is 0 Å². The normalized spacial score (nSPS) is 11.7. The number of aryl methyl sites for hydroxylation is 1. The Morgan fingerprint density at radius 2 is 1.96 bits per heavy atom. The van der Waals surface area contributed by atoms with E-state index in [2.05, 4.69) is 20.2 Å². The van der Waals surface area contributed by atoms with Crippen molar-refractivity contribution in [3.8, 4) is 5.88 Å². The number of aromatic nitrogens is 2. The Morgan fingerprint density at radius 1 is 1.12 bits per heavy atom. The topological polar surface area (TPSA) is 93.6 Å². The molecule has 2 aromatic heterocycles. The van der Waals surface area contributed by atoms with Crippen LogP contribution in [-0.2, 0) is 11.2 Å². The summed E-state index contributed by atoms with van der Waals surface area (Å²) in [6.45, 7) is 1.95. The lowest BCUT2D eigenvalue weighted by molar-refractivity contribution is -0.117. The first kappa shape index (κ1) is 15.1. The predicted molar refractivity (Wildman–Crippen MR) is 96.2 cm³/mol. The van der Waals surface area contributed by atoms with Gasteiger partial charge in [-0.1, -0.05) is 29.8 Å². The van der Waals surface area contributed by atoms with Crippen LogP contribution >= 0.6 is 0 Å². The molecule has 0 aliphatic rings. The fraction of sp³-hybridized carbons (Fsp3) is 0.105. The van der Waals surface area contributed by atoms with Crippen molar-refractivity contribution in [2.75, 3.05) is 0 Å². The van der Waals surface area contributed by atoms with Crippen molar-refractivity contribution in [3.63, 3.8) is 0 Å². The molecule has 3 N–H and O–H groups in total. The third-order valence-corrected chi connectivity index (χ3v) is 4.19. The van der Waals surface area contributed by atoms with Gasteiger partial charge in [-0.3, -0.25) is 4.79 Å². The van der Waals surface area contributed by atoms with Crippen molar-refractivity contribution in [2.24, 2.45) is 10.2 Å². The van der Waals surface area contributed by atoms with Crippen LogP contribution in [0.25, 0.3) is 21.8 Å². The molecule has 6 nitrogen and oxygen atoms in total. The van der Waals surface area contributed by atoms with Crippen LogP contribution in [-0.4, -0.2) is 21.0 Å². The van der Waals surface area contributed by atoms with Gasteiger partial charge >= 0.3 is 0 Å². The van der Waals surface area contributed by atoms with E-state index >= 15 is 0 Å². The number of carbonyl (C=O) groups excluding carboxylic acids is 1. The molecular weight excluding hydrogens is 316 g/mol. The van der Waals surface area contributed by atoms with Crippen LogP contribution in [0.2, 0.25) is 0 Å². The van der Waals surface area contributed by atoms with Gasteiger partial charge in [-0.25, -0.2) is 0 Å². The van der Waals surface area contributed by atoms with E-state index in [-0.39, 0.29) is 23.9 Å². The number of para-hydroxylation sites is 1. The van der Waals surface area contributed by atoms with E-state index in [1.807, 2.05) is 55.6 Å². The molecule has 0 fully saturated rings. The zero-order valence-corrected chi connectivity index (χ0v) is 13.6. The largest absolute Gasteiger partial charge is 0.493 e. The van der Waals surface area contributed by atoms with Crippen LogP contribution in [0.1, 0.15) is 11.1 Å². The first-order chi connectivity index (χ1) is 12.1. The van der Waals surface area contributed by atoms with Gasteiger partial charge < -0.3 is 15.1 Å². The number of hydrogen-bond acceptors (Lipinski definition) is 3. The summed E-state index contributed by atoms with van der Waals surface area (Å²) in [6.07, 6.45) is 1.96. The number of azo groups is 1. The molecule has 0 aliphatic heterocycles. The molecule has 4 aromatic rings. The quantitative estimate of drug-likeness (QED) is 0.481. The molecule has 4 rings (SSSR count). The monoisotopic (exact) mass is 332 g/mol. The van der Waals surface area contributed by atoms with Crippen molar-refractivity contribution in [1.29, 1.82) is 0 Å². The average Bonchev–Trinajstić information content (AvgIpc) is 3.14. The number of aromatic hydroxyl groups is 1. The number of carbonyl (C=O) groups is 1. The highest BCUT2D eigenvalue weighted by Gasteiger charge is 2.12. The number of aromatic amines is 2. The summed E-state index contributed by atoms with van der Waals surface area (Å²) in [5, 5.41) is 19.5. The number of H-pyrrole nitrogens is 2. The minimum absolute atomic E-state index is 0.0933. The van der Waals surface area contributed by atoms with Gasteiger partial charge in [0.1, 0.15) is 0 Å². The van der Waals surface area contributed by atoms with E-state index in [9.17, 15) is 9.90 Å². The number of benzene rings is 2. The zero-order valence-electron chi connectivity index (χ0n) is 13.6. The van der Waals surface area contributed by atoms with Gasteiger partial charge in [0.05, 0.1) is 11.9 Å². The molecule has 2 aromatic carbocycles. The van der Waals surface area contributed by atoms with Crippen molar-refractivity contribution in [3.05, 3.63) is 59.8 Å². The molecule has 0 spiro atoms. The molecule has 2 heterocycles. The Labute approximate surface area is 143 Å². The first-order valence-corrected chi connectivity index (χ1v) is 7.92. The van der Waals surface area contributed by atoms with Crippen molar-refractivity contribution < 1.29 is 9.90 Å². The second kappa shape index (κ2) is 5.90. The van der Waals surface area contributed by atoms with E-state index in [0.717, 1.165) is 32.9 Å². The maximum atomic E-state index is 12.2. The predicted octanol–water partition coefficient (Wildman–Crippen LogP) is 4.52. The van der Waals surface area contributed by atoms with Crippen molar-refractivity contribution >= 4 is 33.4 Å². The van der Waals surface area contributed by atoms with E-state index in [0.29, 0.717) is 0 Å². The summed E-state index contributed by atoms with van der Waals surface area (Å²) in [4.78, 5) is 18.2. The van der Waals surface area contributed by atoms with Crippen LogP contribution in [0, 0.1) is 6.92 Å². The Kier molecular flexibility index (Phi) is 3.57. The fourth-order valence-corrected chi connectivity index (χ4v) is 2.96. The fourth-order valence-electron chi connectivity index (χ4n) is 2.96. The van der Waals surface area contributed by atoms with Gasteiger partial charge in [-0.05, 0) is 30.7 Å². The molecule has 25 heavy (non-hydrogen) atoms. The van der Waals surface area contributed by atoms with Gasteiger partial charge in [-0.2, -0.15) is 0 Å². The minimum Gasteiger partial charge on any atom is -0.493 e. The van der Waals surface area contributed by atoms with Crippen molar-refractivity contribution in [1.82, 2.24) is 9.97 Å². The van der Waals surface area contributed by atoms with Crippen LogP contribution < -0.4 is 0 Å². The number of nitrogens with zero attached hydrogens (tertiary/aromatic N) is 2. The van der Waals surface area contributed by atoms with E-state index in [4.69, 9.17) is 0 Å². The maximum Gasteiger partial charge on any atom is 0.269 e. The molecule has 0 aliphatic carbocycles. The Bertz CT molecular complexity index is 1120. The third-order valence-electron chi connectivity index (χ3n) is 4.19. The highest BCUT2D eigenvalue weighted by Crippen LogP contribution is 2.35. The van der Waals surface area contributed by atoms with E-state index in [1.165, 1.54) is 0 Å². The smallest absolute Gasteiger partial charge is 0.269 e. The number of amides is 1. The number of rotatable bonds is 3. The van der Waals surface area contributed by atoms with Gasteiger partial charge in [0.2, 0.25) is 5.88 Å². The lowest BCUT2D eigenvalue weighted by Gasteiger charge is -1.96. The SMILES string of the molecule is Cc1ccc2[nH]c(O)c(N=NC(=O)Cc3c[nH]c4ccccc34)c2c1. The molecular formula is C19H16N4O2. The second-order valence-electron chi connectivity index (χ2n) is 6.00. The molecule has 1 amide bonds. The molecule has 6 heteroatoms. The van der Waals surface area contributed by atoms with Gasteiger partial charge in [0.15, 0.2) is 5.69 Å². The van der Waals surface area contributed by atoms with Gasteiger partial charge in [0, 0.05) is 22.5 Å². The number of nitrogens with one attached hydrogen (secondary N) is 2. The highest BCUT2D eigenvalue weighted by atomic mass is 16.3. The van der Waals surface area contributed by atoms with Gasteiger partial charge in [0.25, 0.3) is 5.91 Å². The number of hydrogen-bond donors (Lipinski definition) is 3. The Hall–Kier alpha value is -3.41. The minimum atomic E-state index is -0.369. The van der Waals surface area contributed by atoms with E-state index < -0.39 is 0 Å². The standard InChI is InChI=1S/C19H16N4O2/c1-11-6-7-16-14(8-11)18(19(25)21-16)23-22-17(24)9-12-10-20-15-5-3-2-4-13(12)15/h2-8,10,20-21,25H,9H2,1H3. The summed E-state index contributed by atoms with van der Waals surface area (Å²) in [5.74, 6) is -0.463. The van der Waals surface area contributed by atoms with Crippen LogP contribution in [0.15, 0.2) is 58.9 Å². The van der Waals surface area contributed by atoms with Crippen molar-refractivity contribution in [2.45, 2.75) is 13.3 Å². The summed E-state index contributed by atoms with van der Waals surface area (Å²) >= 11 is 0. The maximum absolute atomic E-state index is 12.2. The summed E-state index contributed by atoms with van der Waals surface area (Å²) < 4.78 is 0. The molecule has 0 bridgehead atoms. The summed E-state index contributed by atoms with van der Waals surface area (Å²) in [5.41, 5.74) is 3.92. The summed E-state index contributed by atoms with van der Waals surface area (Å²) in [6, 6.07) is 13.5. The van der Waals surface area contributed by atoms with Gasteiger partial charge in [-0.15, -0.1) is 10.2 Å². The molecule has 0 saturated carbocycles. The molecule has 0 radical (unpaired) electrons. The first-order valence-electron chi connectivity index (χ1n) is 7.92. The molecule has 0 saturated heterocycles. The molecule has 0 atom stereocenters. The molecule has 0 unspecified atom stereocenters. The lowest BCUT2D eigenvalue weighted by atomic mass is 10.1. The van der Waals surface area contributed by atoms with E-state index in [1.54, 1.807) is 0 Å². The second-order valence-corrected chi connectivity index (χ2v) is 6.00. The lowest BCUT2D eigenvalue weighted by Crippen LogP contribution is -1.96. The Morgan fingerprint density at radius 3 is 2.84 bits per heavy atom. The average molecular weight is 332 g/mol. The highest BCUT2D eigenvalue weighted by molar-refractivity contribution is 5.95. The Balaban J connectivity index is 1.60. The number of fused-ring (bicyclic) bond motifs is 2. The molecule has 124 valence electrons. The summed E-state index contributed by atoms with van der Waals surface area (Å²) in [7, 11) is 0. The third kappa shape index (κ3) is 2.78. The van der Waals surface area contributed by atoms with Crippen LogP contribution in [0.5, 0.6) is 5.88 Å².